The van der Waals surface area contributed by atoms with Gasteiger partial charge in [-0.15, -0.1) is 0 Å². The highest BCUT2D eigenvalue weighted by Gasteiger charge is 2.36. The normalized spacial score (nSPS) is 20.6. The van der Waals surface area contributed by atoms with Gasteiger partial charge in [0.15, 0.2) is 0 Å². The zero-order valence-electron chi connectivity index (χ0n) is 14.5. The number of hydrogen-bond acceptors (Lipinski definition) is 5. The van der Waals surface area contributed by atoms with Gasteiger partial charge in [0.2, 0.25) is 5.91 Å². The van der Waals surface area contributed by atoms with Crippen LogP contribution >= 0.6 is 0 Å². The summed E-state index contributed by atoms with van der Waals surface area (Å²) >= 11 is 0. The van der Waals surface area contributed by atoms with Crippen molar-refractivity contribution in [2.75, 3.05) is 20.8 Å². The molecule has 25 heavy (non-hydrogen) atoms. The zero-order chi connectivity index (χ0) is 17.8. The third-order valence-electron chi connectivity index (χ3n) is 4.69. The molecule has 0 aliphatic carbocycles. The first kappa shape index (κ1) is 17.4. The molecule has 0 saturated carbocycles. The van der Waals surface area contributed by atoms with Crippen molar-refractivity contribution in [3.63, 3.8) is 0 Å². The van der Waals surface area contributed by atoms with E-state index in [0.29, 0.717) is 19.5 Å². The lowest BCUT2D eigenvalue weighted by molar-refractivity contribution is -0.122. The Morgan fingerprint density at radius 2 is 2.00 bits per heavy atom. The van der Waals surface area contributed by atoms with Crippen LogP contribution in [0.15, 0.2) is 42.7 Å². The molecule has 0 radical (unpaired) electrons. The van der Waals surface area contributed by atoms with Crippen molar-refractivity contribution in [1.29, 1.82) is 0 Å². The molecule has 1 aromatic heterocycles. The number of hydrogen-bond donors (Lipinski definition) is 1. The first-order valence-corrected chi connectivity index (χ1v) is 8.26. The van der Waals surface area contributed by atoms with Gasteiger partial charge in [-0.25, -0.2) is 0 Å². The Labute approximate surface area is 147 Å². The molecular formula is C19H23N3O3. The van der Waals surface area contributed by atoms with E-state index in [1.807, 2.05) is 24.3 Å². The Morgan fingerprint density at radius 3 is 2.64 bits per heavy atom. The molecule has 132 valence electrons. The van der Waals surface area contributed by atoms with E-state index in [2.05, 4.69) is 16.0 Å². The molecule has 3 rings (SSSR count). The number of methoxy groups -OCH3 is 2. The van der Waals surface area contributed by atoms with Crippen molar-refractivity contribution < 1.29 is 14.3 Å². The number of primary amides is 1. The predicted molar refractivity (Wildman–Crippen MR) is 95.0 cm³/mol. The molecule has 1 aliphatic heterocycles. The van der Waals surface area contributed by atoms with Crippen LogP contribution in [0, 0.1) is 0 Å². The van der Waals surface area contributed by atoms with Gasteiger partial charge in [-0.1, -0.05) is 6.07 Å². The lowest BCUT2D eigenvalue weighted by atomic mass is 10.0. The molecule has 0 bridgehead atoms. The first-order valence-electron chi connectivity index (χ1n) is 8.26. The quantitative estimate of drug-likeness (QED) is 0.867. The Hall–Kier alpha value is -2.44. The fourth-order valence-corrected chi connectivity index (χ4v) is 3.35. The van der Waals surface area contributed by atoms with Gasteiger partial charge < -0.3 is 15.2 Å². The topological polar surface area (TPSA) is 77.7 Å². The van der Waals surface area contributed by atoms with E-state index < -0.39 is 0 Å². The van der Waals surface area contributed by atoms with Crippen LogP contribution in [0.3, 0.4) is 0 Å². The summed E-state index contributed by atoms with van der Waals surface area (Å²) in [5.74, 6) is 0.477. The number of benzene rings is 1. The molecule has 1 saturated heterocycles. The average Bonchev–Trinajstić information content (AvgIpc) is 3.06. The number of rotatable bonds is 6. The summed E-state index contributed by atoms with van der Waals surface area (Å²) in [5, 5.41) is 0. The van der Waals surface area contributed by atoms with E-state index in [9.17, 15) is 4.79 Å². The number of aromatic nitrogens is 1. The summed E-state index contributed by atoms with van der Waals surface area (Å²) in [7, 11) is 3.31. The van der Waals surface area contributed by atoms with Gasteiger partial charge in [-0.3, -0.25) is 14.7 Å². The largest absolute Gasteiger partial charge is 0.496 e. The zero-order valence-corrected chi connectivity index (χ0v) is 14.5. The van der Waals surface area contributed by atoms with E-state index in [-0.39, 0.29) is 18.1 Å². The van der Waals surface area contributed by atoms with Crippen molar-refractivity contribution in [1.82, 2.24) is 9.88 Å². The van der Waals surface area contributed by atoms with Crippen LogP contribution in [-0.2, 0) is 16.1 Å². The van der Waals surface area contributed by atoms with Gasteiger partial charge >= 0.3 is 0 Å². The number of pyridine rings is 1. The highest BCUT2D eigenvalue weighted by molar-refractivity contribution is 5.80. The molecule has 2 N–H and O–H groups in total. The third-order valence-corrected chi connectivity index (χ3v) is 4.69. The second kappa shape index (κ2) is 7.63. The lowest BCUT2D eigenvalue weighted by Crippen LogP contribution is -2.39. The van der Waals surface area contributed by atoms with E-state index in [0.717, 1.165) is 22.4 Å². The van der Waals surface area contributed by atoms with Crippen LogP contribution in [0.5, 0.6) is 5.75 Å². The molecule has 0 spiro atoms. The number of carbonyl (C=O) groups excluding carboxylic acids is 1. The Balaban J connectivity index is 1.89. The second-order valence-electron chi connectivity index (χ2n) is 6.20. The standard InChI is InChI=1S/C19H23N3O3/c1-24-16-10-17(19(20)23)22(12-16)11-15-9-14(3-4-18(15)25-2)13-5-7-21-8-6-13/h3-9,16-17H,10-12H2,1-2H3,(H2,20,23)/t16-,17-/m0/s1. The van der Waals surface area contributed by atoms with Crippen molar-refractivity contribution in [2.24, 2.45) is 5.73 Å². The molecule has 1 aromatic carbocycles. The van der Waals surface area contributed by atoms with Crippen LogP contribution < -0.4 is 10.5 Å². The minimum absolute atomic E-state index is 0.0203. The summed E-state index contributed by atoms with van der Waals surface area (Å²) in [6.07, 6.45) is 4.18. The number of nitrogens with zero attached hydrogens (tertiary/aromatic N) is 2. The van der Waals surface area contributed by atoms with Crippen LogP contribution in [0.1, 0.15) is 12.0 Å². The van der Waals surface area contributed by atoms with E-state index in [1.54, 1.807) is 26.6 Å². The molecular weight excluding hydrogens is 318 g/mol. The number of ether oxygens (including phenoxy) is 2. The number of amides is 1. The Bertz CT molecular complexity index is 736. The van der Waals surface area contributed by atoms with Gasteiger partial charge in [0.05, 0.1) is 19.3 Å². The Morgan fingerprint density at radius 1 is 1.24 bits per heavy atom. The fraction of sp³-hybridized carbons (Fsp3) is 0.368. The molecule has 1 amide bonds. The third kappa shape index (κ3) is 3.81. The maximum atomic E-state index is 11.8. The predicted octanol–water partition coefficient (Wildman–Crippen LogP) is 1.83. The smallest absolute Gasteiger partial charge is 0.234 e. The minimum Gasteiger partial charge on any atom is -0.496 e. The SMILES string of the molecule is COc1ccc(-c2ccncc2)cc1CN1C[C@@H](OC)C[C@H]1C(N)=O. The Kier molecular flexibility index (Phi) is 5.31. The second-order valence-corrected chi connectivity index (χ2v) is 6.20. The highest BCUT2D eigenvalue weighted by atomic mass is 16.5. The summed E-state index contributed by atoms with van der Waals surface area (Å²) in [5.41, 5.74) is 8.75. The maximum Gasteiger partial charge on any atom is 0.234 e. The van der Waals surface area contributed by atoms with Crippen LogP contribution in [-0.4, -0.2) is 48.7 Å². The van der Waals surface area contributed by atoms with Crippen molar-refractivity contribution >= 4 is 5.91 Å². The summed E-state index contributed by atoms with van der Waals surface area (Å²) in [6, 6.07) is 9.67. The molecule has 0 unspecified atom stereocenters. The van der Waals surface area contributed by atoms with E-state index in [1.165, 1.54) is 0 Å². The summed E-state index contributed by atoms with van der Waals surface area (Å²) < 4.78 is 10.9. The summed E-state index contributed by atoms with van der Waals surface area (Å²) in [6.45, 7) is 1.25. The van der Waals surface area contributed by atoms with Crippen molar-refractivity contribution in [2.45, 2.75) is 25.1 Å². The lowest BCUT2D eigenvalue weighted by Gasteiger charge is -2.23. The minimum atomic E-state index is -0.320. The molecule has 1 fully saturated rings. The van der Waals surface area contributed by atoms with E-state index >= 15 is 0 Å². The van der Waals surface area contributed by atoms with Crippen molar-refractivity contribution in [3.8, 4) is 16.9 Å². The highest BCUT2D eigenvalue weighted by Crippen LogP contribution is 2.30. The van der Waals surface area contributed by atoms with Crippen LogP contribution in [0.25, 0.3) is 11.1 Å². The van der Waals surface area contributed by atoms with Crippen LogP contribution in [0.4, 0.5) is 0 Å². The van der Waals surface area contributed by atoms with E-state index in [4.69, 9.17) is 15.2 Å². The molecule has 6 nitrogen and oxygen atoms in total. The average molecular weight is 341 g/mol. The molecule has 6 heteroatoms. The molecule has 1 aliphatic rings. The van der Waals surface area contributed by atoms with Crippen molar-refractivity contribution in [3.05, 3.63) is 48.3 Å². The van der Waals surface area contributed by atoms with Crippen LogP contribution in [0.2, 0.25) is 0 Å². The fourth-order valence-electron chi connectivity index (χ4n) is 3.35. The van der Waals surface area contributed by atoms with Gasteiger partial charge in [0.1, 0.15) is 5.75 Å². The monoisotopic (exact) mass is 341 g/mol. The molecule has 2 heterocycles. The number of nitrogens with two attached hydrogens (primary N) is 1. The summed E-state index contributed by atoms with van der Waals surface area (Å²) in [4.78, 5) is 17.9. The molecule has 2 aromatic rings. The molecule has 2 atom stereocenters. The maximum absolute atomic E-state index is 11.8. The number of likely N-dealkylation sites (tertiary alicyclic amines) is 1. The number of carbonyl (C=O) groups is 1. The first-order chi connectivity index (χ1) is 12.1. The van der Waals surface area contributed by atoms with Gasteiger partial charge in [0.25, 0.3) is 0 Å². The van der Waals surface area contributed by atoms with Gasteiger partial charge in [-0.2, -0.15) is 0 Å². The van der Waals surface area contributed by atoms with Gasteiger partial charge in [-0.05, 0) is 41.8 Å². The van der Waals surface area contributed by atoms with Gasteiger partial charge in [0, 0.05) is 38.2 Å².